The highest BCUT2D eigenvalue weighted by Crippen LogP contribution is 2.10. The summed E-state index contributed by atoms with van der Waals surface area (Å²) < 4.78 is 0. The molecule has 2 nitrogen and oxygen atoms in total. The van der Waals surface area contributed by atoms with Gasteiger partial charge in [-0.15, -0.1) is 0 Å². The molecule has 0 aromatic heterocycles. The number of hydrogen-bond acceptors (Lipinski definition) is 2. The van der Waals surface area contributed by atoms with Crippen LogP contribution < -0.4 is 10.4 Å². The van der Waals surface area contributed by atoms with Crippen LogP contribution in [0.4, 0.5) is 0 Å². The van der Waals surface area contributed by atoms with E-state index in [1.54, 1.807) is 12.1 Å². The fourth-order valence-electron chi connectivity index (χ4n) is 1.46. The Labute approximate surface area is 75.8 Å². The Balaban J connectivity index is 2.89. The van der Waals surface area contributed by atoms with Crippen LogP contribution in [0.3, 0.4) is 0 Å². The van der Waals surface area contributed by atoms with E-state index in [4.69, 9.17) is 0 Å². The predicted molar refractivity (Wildman–Crippen MR) is 51.3 cm³/mol. The molecule has 1 aromatic carbocycles. The zero-order valence-corrected chi connectivity index (χ0v) is 7.07. The SMILES string of the molecule is C=C1C=c2ccccc2=C(O)C1O. The average Bonchev–Trinajstić information content (AvgIpc) is 2.15. The first-order chi connectivity index (χ1) is 6.20. The van der Waals surface area contributed by atoms with Crippen LogP contribution in [0.2, 0.25) is 0 Å². The van der Waals surface area contributed by atoms with Crippen LogP contribution in [-0.4, -0.2) is 16.3 Å². The van der Waals surface area contributed by atoms with E-state index in [9.17, 15) is 10.2 Å². The van der Waals surface area contributed by atoms with Crippen LogP contribution in [0.15, 0.2) is 36.4 Å². The summed E-state index contributed by atoms with van der Waals surface area (Å²) in [5.74, 6) is -0.0110. The van der Waals surface area contributed by atoms with Crippen molar-refractivity contribution in [2.75, 3.05) is 0 Å². The standard InChI is InChI=1S/C11H10O2/c1-7-6-8-4-2-3-5-9(8)11(13)10(7)12/h2-6,10,12-13H,1H2. The quantitative estimate of drug-likeness (QED) is 0.584. The summed E-state index contributed by atoms with van der Waals surface area (Å²) in [5, 5.41) is 20.6. The zero-order valence-electron chi connectivity index (χ0n) is 7.07. The summed E-state index contributed by atoms with van der Waals surface area (Å²) in [6.07, 6.45) is 0.828. The Morgan fingerprint density at radius 2 is 1.92 bits per heavy atom. The van der Waals surface area contributed by atoms with E-state index in [1.165, 1.54) is 0 Å². The Bertz CT molecular complexity index is 471. The smallest absolute Gasteiger partial charge is 0.136 e. The third-order valence-electron chi connectivity index (χ3n) is 2.19. The lowest BCUT2D eigenvalue weighted by atomic mass is 10.0. The first-order valence-corrected chi connectivity index (χ1v) is 4.07. The lowest BCUT2D eigenvalue weighted by Gasteiger charge is -2.14. The molecule has 0 aliphatic heterocycles. The molecule has 1 aliphatic rings. The second-order valence-corrected chi connectivity index (χ2v) is 3.09. The summed E-state index contributed by atoms with van der Waals surface area (Å²) in [4.78, 5) is 0. The second kappa shape index (κ2) is 2.75. The molecule has 1 unspecified atom stereocenters. The molecule has 2 heteroatoms. The molecule has 1 aromatic rings. The first kappa shape index (κ1) is 8.08. The van der Waals surface area contributed by atoms with E-state index < -0.39 is 6.10 Å². The van der Waals surface area contributed by atoms with Crippen LogP contribution in [0, 0.1) is 0 Å². The predicted octanol–water partition coefficient (Wildman–Crippen LogP) is 0.0640. The van der Waals surface area contributed by atoms with Crippen molar-refractivity contribution in [1.29, 1.82) is 0 Å². The average molecular weight is 174 g/mol. The molecule has 1 aliphatic carbocycles. The summed E-state index contributed by atoms with van der Waals surface area (Å²) in [5.41, 5.74) is 0.524. The van der Waals surface area contributed by atoms with E-state index in [0.29, 0.717) is 10.8 Å². The van der Waals surface area contributed by atoms with Gasteiger partial charge in [0.05, 0.1) is 0 Å². The van der Waals surface area contributed by atoms with Crippen LogP contribution in [-0.2, 0) is 0 Å². The fraction of sp³-hybridized carbons (Fsp3) is 0.0909. The molecule has 0 fully saturated rings. The molecule has 13 heavy (non-hydrogen) atoms. The summed E-state index contributed by atoms with van der Waals surface area (Å²) in [7, 11) is 0. The van der Waals surface area contributed by atoms with Gasteiger partial charge in [0, 0.05) is 5.22 Å². The Morgan fingerprint density at radius 1 is 1.23 bits per heavy atom. The molecule has 1 atom stereocenters. The molecule has 0 heterocycles. The highest BCUT2D eigenvalue weighted by atomic mass is 16.3. The molecule has 2 rings (SSSR count). The Morgan fingerprint density at radius 3 is 2.69 bits per heavy atom. The van der Waals surface area contributed by atoms with Crippen LogP contribution >= 0.6 is 0 Å². The van der Waals surface area contributed by atoms with Gasteiger partial charge in [-0.05, 0) is 16.9 Å². The summed E-state index contributed by atoms with van der Waals surface area (Å²) >= 11 is 0. The van der Waals surface area contributed by atoms with Crippen LogP contribution in [0.1, 0.15) is 0 Å². The summed E-state index contributed by atoms with van der Waals surface area (Å²) in [6.45, 7) is 3.66. The van der Waals surface area contributed by atoms with Gasteiger partial charge in [-0.2, -0.15) is 0 Å². The second-order valence-electron chi connectivity index (χ2n) is 3.09. The molecule has 66 valence electrons. The van der Waals surface area contributed by atoms with Crippen molar-refractivity contribution in [2.24, 2.45) is 0 Å². The fourth-order valence-corrected chi connectivity index (χ4v) is 1.46. The topological polar surface area (TPSA) is 40.5 Å². The van der Waals surface area contributed by atoms with Crippen molar-refractivity contribution in [3.63, 3.8) is 0 Å². The highest BCUT2D eigenvalue weighted by molar-refractivity contribution is 5.62. The van der Waals surface area contributed by atoms with Crippen molar-refractivity contribution < 1.29 is 10.2 Å². The maximum atomic E-state index is 9.59. The zero-order chi connectivity index (χ0) is 9.42. The molecule has 2 N–H and O–H groups in total. The van der Waals surface area contributed by atoms with Crippen molar-refractivity contribution in [1.82, 2.24) is 0 Å². The largest absolute Gasteiger partial charge is 0.509 e. The third kappa shape index (κ3) is 1.15. The van der Waals surface area contributed by atoms with E-state index in [0.717, 1.165) is 5.22 Å². The van der Waals surface area contributed by atoms with Crippen molar-refractivity contribution in [3.8, 4) is 0 Å². The summed E-state index contributed by atoms with van der Waals surface area (Å²) in [6, 6.07) is 7.36. The minimum Gasteiger partial charge on any atom is -0.509 e. The number of aliphatic hydroxyl groups excluding tert-OH is 2. The Hall–Kier alpha value is -1.54. The molecule has 0 bridgehead atoms. The number of aliphatic hydroxyl groups is 2. The lowest BCUT2D eigenvalue weighted by Crippen LogP contribution is -2.35. The van der Waals surface area contributed by atoms with E-state index in [2.05, 4.69) is 6.58 Å². The van der Waals surface area contributed by atoms with E-state index >= 15 is 0 Å². The highest BCUT2D eigenvalue weighted by Gasteiger charge is 2.16. The van der Waals surface area contributed by atoms with E-state index in [-0.39, 0.29) is 5.76 Å². The monoisotopic (exact) mass is 174 g/mol. The van der Waals surface area contributed by atoms with Gasteiger partial charge in [-0.1, -0.05) is 30.8 Å². The number of fused-ring (bicyclic) bond motifs is 1. The Kier molecular flexibility index (Phi) is 1.71. The first-order valence-electron chi connectivity index (χ1n) is 4.07. The molecule has 0 spiro atoms. The number of benzene rings is 1. The third-order valence-corrected chi connectivity index (χ3v) is 2.19. The molecule has 0 amide bonds. The molecule has 0 saturated carbocycles. The van der Waals surface area contributed by atoms with Gasteiger partial charge in [-0.25, -0.2) is 0 Å². The van der Waals surface area contributed by atoms with Crippen LogP contribution in [0.5, 0.6) is 0 Å². The number of hydrogen-bond donors (Lipinski definition) is 2. The molecule has 0 saturated heterocycles. The van der Waals surface area contributed by atoms with Crippen molar-refractivity contribution in [3.05, 3.63) is 46.9 Å². The maximum absolute atomic E-state index is 9.59. The molecular formula is C11H10O2. The van der Waals surface area contributed by atoms with Gasteiger partial charge >= 0.3 is 0 Å². The van der Waals surface area contributed by atoms with E-state index in [1.807, 2.05) is 18.2 Å². The van der Waals surface area contributed by atoms with Gasteiger partial charge in [-0.3, -0.25) is 0 Å². The van der Waals surface area contributed by atoms with Gasteiger partial charge in [0.25, 0.3) is 0 Å². The normalized spacial score (nSPS) is 20.8. The minimum absolute atomic E-state index is 0.0110. The van der Waals surface area contributed by atoms with Crippen LogP contribution in [0.25, 0.3) is 11.8 Å². The van der Waals surface area contributed by atoms with Gasteiger partial charge in [0.1, 0.15) is 11.9 Å². The van der Waals surface area contributed by atoms with Crippen molar-refractivity contribution >= 4 is 11.8 Å². The molecular weight excluding hydrogens is 164 g/mol. The van der Waals surface area contributed by atoms with Gasteiger partial charge in [0.15, 0.2) is 0 Å². The number of rotatable bonds is 0. The minimum atomic E-state index is -0.949. The lowest BCUT2D eigenvalue weighted by molar-refractivity contribution is 0.231. The van der Waals surface area contributed by atoms with Gasteiger partial charge in [0.2, 0.25) is 0 Å². The van der Waals surface area contributed by atoms with Gasteiger partial charge < -0.3 is 10.2 Å². The van der Waals surface area contributed by atoms with Crippen molar-refractivity contribution in [2.45, 2.75) is 6.10 Å². The maximum Gasteiger partial charge on any atom is 0.136 e. The molecule has 0 radical (unpaired) electrons.